The van der Waals surface area contributed by atoms with Gasteiger partial charge in [0.25, 0.3) is 0 Å². The Labute approximate surface area is 136 Å². The van der Waals surface area contributed by atoms with Gasteiger partial charge < -0.3 is 15.0 Å². The van der Waals surface area contributed by atoms with Crippen molar-refractivity contribution in [3.05, 3.63) is 35.5 Å². The third-order valence-electron chi connectivity index (χ3n) is 3.26. The van der Waals surface area contributed by atoms with Gasteiger partial charge in [-0.05, 0) is 30.7 Å². The predicted octanol–water partition coefficient (Wildman–Crippen LogP) is 4.12. The molecule has 0 unspecified atom stereocenters. The second-order valence-electron chi connectivity index (χ2n) is 4.99. The zero-order valence-corrected chi connectivity index (χ0v) is 13.9. The quantitative estimate of drug-likeness (QED) is 0.831. The molecule has 2 aromatic rings. The van der Waals surface area contributed by atoms with Crippen molar-refractivity contribution in [3.8, 4) is 5.75 Å². The van der Waals surface area contributed by atoms with Crippen LogP contribution in [0.2, 0.25) is 5.02 Å². The van der Waals surface area contributed by atoms with Gasteiger partial charge in [-0.2, -0.15) is 4.98 Å². The second kappa shape index (κ2) is 7.84. The number of unbranched alkanes of at least 4 members (excludes halogenated alkanes) is 1. The molecule has 0 aliphatic carbocycles. The van der Waals surface area contributed by atoms with Crippen molar-refractivity contribution in [2.45, 2.75) is 19.8 Å². The topological polar surface area (TPSA) is 50.3 Å². The van der Waals surface area contributed by atoms with Crippen LogP contribution in [0.1, 0.15) is 19.8 Å². The van der Waals surface area contributed by atoms with E-state index in [2.05, 4.69) is 22.2 Å². The molecule has 0 fully saturated rings. The summed E-state index contributed by atoms with van der Waals surface area (Å²) in [7, 11) is 3.62. The average molecular weight is 321 g/mol. The Kier molecular flexibility index (Phi) is 5.83. The van der Waals surface area contributed by atoms with Crippen LogP contribution in [0.3, 0.4) is 0 Å². The monoisotopic (exact) mass is 320 g/mol. The van der Waals surface area contributed by atoms with Crippen LogP contribution in [-0.4, -0.2) is 30.7 Å². The molecule has 0 spiro atoms. The molecule has 2 rings (SSSR count). The number of nitrogens with one attached hydrogen (secondary N) is 1. The van der Waals surface area contributed by atoms with E-state index in [0.29, 0.717) is 22.5 Å². The summed E-state index contributed by atoms with van der Waals surface area (Å²) in [5.74, 6) is 2.11. The Bertz CT molecular complexity index is 621. The SMILES string of the molecule is CCCCN(C)c1nccc(Nc2cc(Cl)ccc2OC)n1. The minimum absolute atomic E-state index is 0.637. The largest absolute Gasteiger partial charge is 0.495 e. The number of methoxy groups -OCH3 is 1. The molecule has 0 aliphatic heterocycles. The van der Waals surface area contributed by atoms with Crippen LogP contribution in [0.4, 0.5) is 17.5 Å². The molecule has 1 heterocycles. The van der Waals surface area contributed by atoms with E-state index in [1.807, 2.05) is 30.1 Å². The number of rotatable bonds is 7. The molecule has 22 heavy (non-hydrogen) atoms. The third kappa shape index (κ3) is 4.24. The molecule has 5 nitrogen and oxygen atoms in total. The second-order valence-corrected chi connectivity index (χ2v) is 5.42. The van der Waals surface area contributed by atoms with Gasteiger partial charge in [-0.3, -0.25) is 0 Å². The van der Waals surface area contributed by atoms with Crippen molar-refractivity contribution in [3.63, 3.8) is 0 Å². The van der Waals surface area contributed by atoms with Crippen molar-refractivity contribution >= 4 is 29.1 Å². The first-order valence-electron chi connectivity index (χ1n) is 7.28. The molecule has 0 aliphatic rings. The van der Waals surface area contributed by atoms with Gasteiger partial charge in [0.1, 0.15) is 11.6 Å². The highest BCUT2D eigenvalue weighted by Gasteiger charge is 2.08. The lowest BCUT2D eigenvalue weighted by molar-refractivity contribution is 0.417. The van der Waals surface area contributed by atoms with E-state index in [4.69, 9.17) is 16.3 Å². The molecule has 1 aromatic heterocycles. The Hall–Kier alpha value is -2.01. The number of halogens is 1. The number of hydrogen-bond donors (Lipinski definition) is 1. The number of nitrogens with zero attached hydrogens (tertiary/aromatic N) is 3. The van der Waals surface area contributed by atoms with Gasteiger partial charge in [-0.15, -0.1) is 0 Å². The molecule has 1 N–H and O–H groups in total. The van der Waals surface area contributed by atoms with Crippen molar-refractivity contribution in [2.24, 2.45) is 0 Å². The Balaban J connectivity index is 2.18. The van der Waals surface area contributed by atoms with Gasteiger partial charge in [0.05, 0.1) is 12.8 Å². The van der Waals surface area contributed by atoms with Gasteiger partial charge in [-0.1, -0.05) is 24.9 Å². The molecule has 0 atom stereocenters. The van der Waals surface area contributed by atoms with Crippen LogP contribution in [0.25, 0.3) is 0 Å². The fourth-order valence-electron chi connectivity index (χ4n) is 2.01. The van der Waals surface area contributed by atoms with Crippen LogP contribution < -0.4 is 15.0 Å². The summed E-state index contributed by atoms with van der Waals surface area (Å²) >= 11 is 6.04. The average Bonchev–Trinajstić information content (AvgIpc) is 2.53. The molecule has 0 saturated heterocycles. The molecular formula is C16H21ClN4O. The summed E-state index contributed by atoms with van der Waals surface area (Å²) in [6.45, 7) is 3.10. The fourth-order valence-corrected chi connectivity index (χ4v) is 2.19. The van der Waals surface area contributed by atoms with Crippen LogP contribution in [0, 0.1) is 0 Å². The highest BCUT2D eigenvalue weighted by Crippen LogP contribution is 2.30. The van der Waals surface area contributed by atoms with E-state index < -0.39 is 0 Å². The predicted molar refractivity (Wildman–Crippen MR) is 91.5 cm³/mol. The van der Waals surface area contributed by atoms with Crippen molar-refractivity contribution < 1.29 is 4.74 Å². The normalized spacial score (nSPS) is 10.4. The van der Waals surface area contributed by atoms with E-state index in [1.54, 1.807) is 19.4 Å². The zero-order valence-electron chi connectivity index (χ0n) is 13.1. The first-order chi connectivity index (χ1) is 10.6. The van der Waals surface area contributed by atoms with Crippen LogP contribution in [-0.2, 0) is 0 Å². The molecule has 6 heteroatoms. The minimum Gasteiger partial charge on any atom is -0.495 e. The summed E-state index contributed by atoms with van der Waals surface area (Å²) in [5.41, 5.74) is 0.774. The Morgan fingerprint density at radius 2 is 2.14 bits per heavy atom. The van der Waals surface area contributed by atoms with Gasteiger partial charge in [0.15, 0.2) is 0 Å². The molecule has 0 bridgehead atoms. The van der Waals surface area contributed by atoms with E-state index in [0.717, 1.165) is 25.1 Å². The van der Waals surface area contributed by atoms with Gasteiger partial charge >= 0.3 is 0 Å². The lowest BCUT2D eigenvalue weighted by atomic mass is 10.3. The van der Waals surface area contributed by atoms with E-state index in [-0.39, 0.29) is 0 Å². The van der Waals surface area contributed by atoms with E-state index in [1.165, 1.54) is 0 Å². The molecule has 1 aromatic carbocycles. The van der Waals surface area contributed by atoms with E-state index >= 15 is 0 Å². The molecular weight excluding hydrogens is 300 g/mol. The van der Waals surface area contributed by atoms with Crippen LogP contribution >= 0.6 is 11.6 Å². The van der Waals surface area contributed by atoms with Gasteiger partial charge in [0, 0.05) is 24.8 Å². The van der Waals surface area contributed by atoms with Gasteiger partial charge in [0.2, 0.25) is 5.95 Å². The zero-order chi connectivity index (χ0) is 15.9. The summed E-state index contributed by atoms with van der Waals surface area (Å²) in [6, 6.07) is 7.23. The molecule has 118 valence electrons. The smallest absolute Gasteiger partial charge is 0.227 e. The van der Waals surface area contributed by atoms with Gasteiger partial charge in [-0.25, -0.2) is 4.98 Å². The lowest BCUT2D eigenvalue weighted by Gasteiger charge is -2.17. The summed E-state index contributed by atoms with van der Waals surface area (Å²) in [6.07, 6.45) is 3.99. The van der Waals surface area contributed by atoms with Crippen LogP contribution in [0.5, 0.6) is 5.75 Å². The number of anilines is 3. The number of aromatic nitrogens is 2. The lowest BCUT2D eigenvalue weighted by Crippen LogP contribution is -2.21. The van der Waals surface area contributed by atoms with Crippen molar-refractivity contribution in [1.82, 2.24) is 9.97 Å². The fraction of sp³-hybridized carbons (Fsp3) is 0.375. The van der Waals surface area contributed by atoms with Crippen LogP contribution in [0.15, 0.2) is 30.5 Å². The maximum atomic E-state index is 6.04. The highest BCUT2D eigenvalue weighted by atomic mass is 35.5. The standard InChI is InChI=1S/C16H21ClN4O/c1-4-5-10-21(2)16-18-9-8-15(20-16)19-13-11-12(17)6-7-14(13)22-3/h6-9,11H,4-5,10H2,1-3H3,(H,18,19,20). The van der Waals surface area contributed by atoms with Crippen molar-refractivity contribution in [2.75, 3.05) is 30.9 Å². The number of benzene rings is 1. The number of hydrogen-bond acceptors (Lipinski definition) is 5. The first kappa shape index (κ1) is 16.4. The van der Waals surface area contributed by atoms with E-state index in [9.17, 15) is 0 Å². The summed E-state index contributed by atoms with van der Waals surface area (Å²) < 4.78 is 5.33. The third-order valence-corrected chi connectivity index (χ3v) is 3.49. The maximum absolute atomic E-state index is 6.04. The highest BCUT2D eigenvalue weighted by molar-refractivity contribution is 6.31. The Morgan fingerprint density at radius 1 is 1.32 bits per heavy atom. The first-order valence-corrected chi connectivity index (χ1v) is 7.66. The number of ether oxygens (including phenoxy) is 1. The summed E-state index contributed by atoms with van der Waals surface area (Å²) in [5, 5.41) is 3.87. The molecule has 0 amide bonds. The molecule has 0 radical (unpaired) electrons. The summed E-state index contributed by atoms with van der Waals surface area (Å²) in [4.78, 5) is 10.9. The minimum atomic E-state index is 0.637. The van der Waals surface area contributed by atoms with Crippen molar-refractivity contribution in [1.29, 1.82) is 0 Å². The maximum Gasteiger partial charge on any atom is 0.227 e. The molecule has 0 saturated carbocycles. The Morgan fingerprint density at radius 3 is 2.86 bits per heavy atom.